The third-order valence-corrected chi connectivity index (χ3v) is 4.51. The summed E-state index contributed by atoms with van der Waals surface area (Å²) in [5.41, 5.74) is 2.66. The summed E-state index contributed by atoms with van der Waals surface area (Å²) >= 11 is 0. The molecule has 1 saturated heterocycles. The van der Waals surface area contributed by atoms with Crippen LogP contribution < -0.4 is 0 Å². The van der Waals surface area contributed by atoms with Crippen molar-refractivity contribution in [3.63, 3.8) is 0 Å². The van der Waals surface area contributed by atoms with Crippen molar-refractivity contribution in [2.45, 2.75) is 27.3 Å². The van der Waals surface area contributed by atoms with E-state index >= 15 is 0 Å². The molecule has 0 bridgehead atoms. The predicted molar refractivity (Wildman–Crippen MR) is 90.8 cm³/mol. The maximum Gasteiger partial charge on any atom is 0.236 e. The Morgan fingerprint density at radius 3 is 2.18 bits per heavy atom. The van der Waals surface area contributed by atoms with Gasteiger partial charge in [0.25, 0.3) is 0 Å². The lowest BCUT2D eigenvalue weighted by Crippen LogP contribution is -2.50. The molecule has 0 radical (unpaired) electrons. The Balaban J connectivity index is 1.77. The van der Waals surface area contributed by atoms with Gasteiger partial charge in [0.05, 0.1) is 6.54 Å². The minimum Gasteiger partial charge on any atom is -0.339 e. The molecule has 1 heterocycles. The Bertz CT molecular complexity index is 460. The Hall–Kier alpha value is -1.39. The largest absolute Gasteiger partial charge is 0.339 e. The van der Waals surface area contributed by atoms with E-state index in [4.69, 9.17) is 0 Å². The van der Waals surface area contributed by atoms with Crippen molar-refractivity contribution in [2.24, 2.45) is 0 Å². The number of carbonyl (C=O) groups is 1. The van der Waals surface area contributed by atoms with E-state index in [1.807, 2.05) is 4.90 Å². The molecule has 0 aromatic heterocycles. The quantitative estimate of drug-likeness (QED) is 0.804. The number of rotatable bonds is 6. The van der Waals surface area contributed by atoms with Crippen molar-refractivity contribution >= 4 is 5.91 Å². The number of aryl methyl sites for hydroxylation is 1. The van der Waals surface area contributed by atoms with Crippen LogP contribution in [0.3, 0.4) is 0 Å². The molecule has 1 aliphatic heterocycles. The number of likely N-dealkylation sites (N-methyl/N-ethyl adjacent to an activating group) is 1. The summed E-state index contributed by atoms with van der Waals surface area (Å²) in [5, 5.41) is 0. The molecule has 2 rings (SSSR count). The smallest absolute Gasteiger partial charge is 0.236 e. The van der Waals surface area contributed by atoms with Crippen LogP contribution in [0.1, 0.15) is 25.0 Å². The zero-order valence-electron chi connectivity index (χ0n) is 14.2. The van der Waals surface area contributed by atoms with Gasteiger partial charge in [0.1, 0.15) is 0 Å². The summed E-state index contributed by atoms with van der Waals surface area (Å²) in [6.45, 7) is 13.4. The second kappa shape index (κ2) is 8.30. The van der Waals surface area contributed by atoms with E-state index in [0.29, 0.717) is 6.54 Å². The predicted octanol–water partition coefficient (Wildman–Crippen LogP) is 1.98. The zero-order valence-corrected chi connectivity index (χ0v) is 14.2. The van der Waals surface area contributed by atoms with Gasteiger partial charge in [-0.05, 0) is 25.6 Å². The highest BCUT2D eigenvalue weighted by atomic mass is 16.2. The van der Waals surface area contributed by atoms with Crippen LogP contribution in [0.15, 0.2) is 24.3 Å². The molecule has 1 aliphatic rings. The van der Waals surface area contributed by atoms with Crippen molar-refractivity contribution in [1.82, 2.24) is 14.7 Å². The minimum atomic E-state index is 0.277. The minimum absolute atomic E-state index is 0.277. The van der Waals surface area contributed by atoms with Crippen LogP contribution in [0, 0.1) is 6.92 Å². The van der Waals surface area contributed by atoms with Gasteiger partial charge in [-0.2, -0.15) is 0 Å². The number of nitrogens with zero attached hydrogens (tertiary/aromatic N) is 3. The second-order valence-electron chi connectivity index (χ2n) is 6.10. The number of piperazine rings is 1. The van der Waals surface area contributed by atoms with Crippen molar-refractivity contribution < 1.29 is 4.79 Å². The summed E-state index contributed by atoms with van der Waals surface area (Å²) in [5.74, 6) is 0.277. The fourth-order valence-electron chi connectivity index (χ4n) is 2.85. The number of benzene rings is 1. The summed E-state index contributed by atoms with van der Waals surface area (Å²) in [7, 11) is 0. The molecule has 0 atom stereocenters. The zero-order chi connectivity index (χ0) is 15.9. The van der Waals surface area contributed by atoms with Crippen molar-refractivity contribution in [3.05, 3.63) is 35.4 Å². The number of hydrogen-bond acceptors (Lipinski definition) is 3. The van der Waals surface area contributed by atoms with Crippen molar-refractivity contribution in [2.75, 3.05) is 45.8 Å². The highest BCUT2D eigenvalue weighted by Gasteiger charge is 2.21. The molecule has 4 heteroatoms. The lowest BCUT2D eigenvalue weighted by Gasteiger charge is -2.35. The summed E-state index contributed by atoms with van der Waals surface area (Å²) in [6, 6.07) is 8.73. The molecule has 4 nitrogen and oxygen atoms in total. The van der Waals surface area contributed by atoms with Gasteiger partial charge in [0, 0.05) is 32.7 Å². The molecule has 22 heavy (non-hydrogen) atoms. The number of hydrogen-bond donors (Lipinski definition) is 0. The Kier molecular flexibility index (Phi) is 6.40. The molecule has 122 valence electrons. The van der Waals surface area contributed by atoms with Gasteiger partial charge in [-0.15, -0.1) is 0 Å². The molecule has 0 saturated carbocycles. The first-order valence-electron chi connectivity index (χ1n) is 8.40. The molecule has 1 aromatic carbocycles. The van der Waals surface area contributed by atoms with Gasteiger partial charge in [0.2, 0.25) is 5.91 Å². The van der Waals surface area contributed by atoms with E-state index in [0.717, 1.165) is 45.8 Å². The highest BCUT2D eigenvalue weighted by Crippen LogP contribution is 2.10. The molecule has 1 amide bonds. The average Bonchev–Trinajstić information content (AvgIpc) is 2.55. The van der Waals surface area contributed by atoms with Crippen LogP contribution >= 0.6 is 0 Å². The van der Waals surface area contributed by atoms with Gasteiger partial charge < -0.3 is 4.90 Å². The van der Waals surface area contributed by atoms with Crippen LogP contribution in [-0.4, -0.2) is 66.4 Å². The Morgan fingerprint density at radius 1 is 1.05 bits per heavy atom. The van der Waals surface area contributed by atoms with E-state index < -0.39 is 0 Å². The van der Waals surface area contributed by atoms with E-state index in [1.54, 1.807) is 0 Å². The van der Waals surface area contributed by atoms with Crippen molar-refractivity contribution in [1.29, 1.82) is 0 Å². The van der Waals surface area contributed by atoms with Crippen LogP contribution in [0.25, 0.3) is 0 Å². The first-order chi connectivity index (χ1) is 10.6. The third-order valence-electron chi connectivity index (χ3n) is 4.51. The Morgan fingerprint density at radius 2 is 1.64 bits per heavy atom. The Labute approximate surface area is 134 Å². The van der Waals surface area contributed by atoms with Crippen LogP contribution in [-0.2, 0) is 11.3 Å². The molecule has 1 aromatic rings. The summed E-state index contributed by atoms with van der Waals surface area (Å²) in [6.07, 6.45) is 0. The molecular formula is C18H29N3O. The maximum atomic E-state index is 12.3. The lowest BCUT2D eigenvalue weighted by molar-refractivity contribution is -0.134. The van der Waals surface area contributed by atoms with E-state index in [9.17, 15) is 4.79 Å². The fourth-order valence-corrected chi connectivity index (χ4v) is 2.85. The van der Waals surface area contributed by atoms with Crippen LogP contribution in [0.5, 0.6) is 0 Å². The number of carbonyl (C=O) groups excluding carboxylic acids is 1. The first kappa shape index (κ1) is 17.0. The first-order valence-corrected chi connectivity index (χ1v) is 8.40. The topological polar surface area (TPSA) is 26.8 Å². The van der Waals surface area contributed by atoms with E-state index in [1.165, 1.54) is 11.1 Å². The van der Waals surface area contributed by atoms with Crippen LogP contribution in [0.2, 0.25) is 0 Å². The van der Waals surface area contributed by atoms with Crippen molar-refractivity contribution in [3.8, 4) is 0 Å². The standard InChI is InChI=1S/C18H29N3O/c1-4-19(5-2)15-18(22)21-12-10-20(11-13-21)14-17-8-6-16(3)7-9-17/h6-9H,4-5,10-15H2,1-3H3. The number of amides is 1. The lowest BCUT2D eigenvalue weighted by atomic mass is 10.1. The van der Waals surface area contributed by atoms with E-state index in [2.05, 4.69) is 54.8 Å². The SMILES string of the molecule is CCN(CC)CC(=O)N1CCN(Cc2ccc(C)cc2)CC1. The molecule has 0 unspecified atom stereocenters. The monoisotopic (exact) mass is 303 g/mol. The maximum absolute atomic E-state index is 12.3. The molecule has 0 aliphatic carbocycles. The van der Waals surface area contributed by atoms with Gasteiger partial charge in [-0.3, -0.25) is 14.6 Å². The molecule has 0 spiro atoms. The van der Waals surface area contributed by atoms with Gasteiger partial charge in [0.15, 0.2) is 0 Å². The van der Waals surface area contributed by atoms with Crippen LogP contribution in [0.4, 0.5) is 0 Å². The fraction of sp³-hybridized carbons (Fsp3) is 0.611. The summed E-state index contributed by atoms with van der Waals surface area (Å²) in [4.78, 5) is 18.9. The normalized spacial score (nSPS) is 16.3. The van der Waals surface area contributed by atoms with Gasteiger partial charge in [-0.25, -0.2) is 0 Å². The molecule has 1 fully saturated rings. The molecular weight excluding hydrogens is 274 g/mol. The average molecular weight is 303 g/mol. The second-order valence-corrected chi connectivity index (χ2v) is 6.10. The van der Waals surface area contributed by atoms with Gasteiger partial charge in [-0.1, -0.05) is 43.7 Å². The van der Waals surface area contributed by atoms with E-state index in [-0.39, 0.29) is 5.91 Å². The highest BCUT2D eigenvalue weighted by molar-refractivity contribution is 5.78. The summed E-state index contributed by atoms with van der Waals surface area (Å²) < 4.78 is 0. The molecule has 0 N–H and O–H groups in total. The third kappa shape index (κ3) is 4.82. The van der Waals surface area contributed by atoms with Gasteiger partial charge >= 0.3 is 0 Å².